The molecular weight excluding hydrogens is 260 g/mol. The van der Waals surface area contributed by atoms with Crippen LogP contribution in [0, 0.1) is 0 Å². The van der Waals surface area contributed by atoms with Gasteiger partial charge in [0.25, 0.3) is 0 Å². The minimum absolute atomic E-state index is 0.183. The van der Waals surface area contributed by atoms with Crippen molar-refractivity contribution in [2.24, 2.45) is 0 Å². The molecule has 4 heteroatoms. The Morgan fingerprint density at radius 1 is 1.47 bits per heavy atom. The van der Waals surface area contributed by atoms with Gasteiger partial charge in [0.15, 0.2) is 0 Å². The smallest absolute Gasteiger partial charge is 0.133 e. The second-order valence-electron chi connectivity index (χ2n) is 3.34. The molecule has 2 N–H and O–H groups in total. The molecule has 0 amide bonds. The van der Waals surface area contributed by atoms with Gasteiger partial charge in [0.2, 0.25) is 0 Å². The molecule has 84 valence electrons. The average Bonchev–Trinajstić information content (AvgIpc) is 2.26. The van der Waals surface area contributed by atoms with Crippen molar-refractivity contribution in [2.45, 2.75) is 18.9 Å². The van der Waals surface area contributed by atoms with Crippen LogP contribution < -0.4 is 4.74 Å². The van der Waals surface area contributed by atoms with Gasteiger partial charge in [0.05, 0.1) is 24.3 Å². The first-order valence-electron chi connectivity index (χ1n) is 4.78. The standard InChI is InChI=1S/C11H15BrO3/c1-15-11-5-3-8(6-10(11)12)2-4-9(14)7-13/h3,5-6,9,13-14H,2,4,7H2,1H3. The normalized spacial score (nSPS) is 12.5. The summed E-state index contributed by atoms with van der Waals surface area (Å²) in [4.78, 5) is 0. The summed E-state index contributed by atoms with van der Waals surface area (Å²) >= 11 is 3.39. The number of aryl methyl sites for hydroxylation is 1. The maximum absolute atomic E-state index is 9.20. The predicted octanol–water partition coefficient (Wildman–Crippen LogP) is 1.74. The van der Waals surface area contributed by atoms with E-state index in [1.54, 1.807) is 7.11 Å². The number of hydrogen-bond donors (Lipinski definition) is 2. The lowest BCUT2D eigenvalue weighted by atomic mass is 10.1. The molecule has 0 saturated carbocycles. The lowest BCUT2D eigenvalue weighted by molar-refractivity contribution is 0.0886. The van der Waals surface area contributed by atoms with E-state index >= 15 is 0 Å². The maximum atomic E-state index is 9.20. The molecule has 1 atom stereocenters. The van der Waals surface area contributed by atoms with E-state index in [0.717, 1.165) is 22.2 Å². The quantitative estimate of drug-likeness (QED) is 0.860. The highest BCUT2D eigenvalue weighted by atomic mass is 79.9. The monoisotopic (exact) mass is 274 g/mol. The SMILES string of the molecule is COc1ccc(CCC(O)CO)cc1Br. The zero-order chi connectivity index (χ0) is 11.3. The van der Waals surface area contributed by atoms with Crippen LogP contribution in [0.1, 0.15) is 12.0 Å². The molecule has 15 heavy (non-hydrogen) atoms. The average molecular weight is 275 g/mol. The highest BCUT2D eigenvalue weighted by Crippen LogP contribution is 2.26. The first-order valence-corrected chi connectivity index (χ1v) is 5.58. The predicted molar refractivity (Wildman–Crippen MR) is 62.1 cm³/mol. The van der Waals surface area contributed by atoms with Gasteiger partial charge in [-0.25, -0.2) is 0 Å². The maximum Gasteiger partial charge on any atom is 0.133 e. The van der Waals surface area contributed by atoms with Crippen molar-refractivity contribution in [3.63, 3.8) is 0 Å². The van der Waals surface area contributed by atoms with E-state index in [4.69, 9.17) is 9.84 Å². The molecule has 0 heterocycles. The summed E-state index contributed by atoms with van der Waals surface area (Å²) in [6.45, 7) is -0.183. The third-order valence-electron chi connectivity index (χ3n) is 2.19. The lowest BCUT2D eigenvalue weighted by Gasteiger charge is -2.08. The Labute approximate surface area is 97.8 Å². The minimum Gasteiger partial charge on any atom is -0.496 e. The van der Waals surface area contributed by atoms with E-state index in [1.807, 2.05) is 18.2 Å². The third-order valence-corrected chi connectivity index (χ3v) is 2.81. The molecule has 1 aromatic rings. The Kier molecular flexibility index (Phi) is 5.08. The van der Waals surface area contributed by atoms with Gasteiger partial charge in [-0.3, -0.25) is 0 Å². The fourth-order valence-corrected chi connectivity index (χ4v) is 1.88. The molecule has 0 fully saturated rings. The van der Waals surface area contributed by atoms with Crippen LogP contribution in [-0.2, 0) is 6.42 Å². The summed E-state index contributed by atoms with van der Waals surface area (Å²) < 4.78 is 6.01. The summed E-state index contributed by atoms with van der Waals surface area (Å²) in [5.41, 5.74) is 1.11. The van der Waals surface area contributed by atoms with Crippen LogP contribution in [0.3, 0.4) is 0 Å². The molecule has 0 bridgehead atoms. The van der Waals surface area contributed by atoms with Gasteiger partial charge >= 0.3 is 0 Å². The summed E-state index contributed by atoms with van der Waals surface area (Å²) in [5.74, 6) is 0.793. The fraction of sp³-hybridized carbons (Fsp3) is 0.455. The summed E-state index contributed by atoms with van der Waals surface area (Å²) in [5, 5.41) is 17.9. The van der Waals surface area contributed by atoms with Crippen LogP contribution in [0.25, 0.3) is 0 Å². The molecule has 0 saturated heterocycles. The fourth-order valence-electron chi connectivity index (χ4n) is 1.29. The number of ether oxygens (including phenoxy) is 1. The topological polar surface area (TPSA) is 49.7 Å². The van der Waals surface area contributed by atoms with Crippen molar-refractivity contribution in [2.75, 3.05) is 13.7 Å². The van der Waals surface area contributed by atoms with E-state index in [9.17, 15) is 5.11 Å². The molecule has 1 rings (SSSR count). The molecule has 0 aromatic heterocycles. The van der Waals surface area contributed by atoms with Gasteiger partial charge in [0.1, 0.15) is 5.75 Å². The number of halogens is 1. The third kappa shape index (κ3) is 3.81. The van der Waals surface area contributed by atoms with E-state index < -0.39 is 6.10 Å². The van der Waals surface area contributed by atoms with E-state index in [1.165, 1.54) is 0 Å². The number of aliphatic hydroxyl groups excluding tert-OH is 2. The molecule has 0 aliphatic heterocycles. The number of hydrogen-bond acceptors (Lipinski definition) is 3. The molecule has 0 aliphatic rings. The van der Waals surface area contributed by atoms with E-state index in [0.29, 0.717) is 6.42 Å². The summed E-state index contributed by atoms with van der Waals surface area (Å²) in [6, 6.07) is 5.79. The van der Waals surface area contributed by atoms with Crippen LogP contribution in [0.5, 0.6) is 5.75 Å². The van der Waals surface area contributed by atoms with Crippen molar-refractivity contribution >= 4 is 15.9 Å². The minimum atomic E-state index is -0.633. The molecule has 1 aromatic carbocycles. The van der Waals surface area contributed by atoms with E-state index in [-0.39, 0.29) is 6.61 Å². The molecule has 0 radical (unpaired) electrons. The number of methoxy groups -OCH3 is 1. The van der Waals surface area contributed by atoms with Gasteiger partial charge in [-0.15, -0.1) is 0 Å². The van der Waals surface area contributed by atoms with Crippen LogP contribution in [0.2, 0.25) is 0 Å². The Morgan fingerprint density at radius 3 is 2.73 bits per heavy atom. The van der Waals surface area contributed by atoms with Gasteiger partial charge in [-0.2, -0.15) is 0 Å². The van der Waals surface area contributed by atoms with Gasteiger partial charge < -0.3 is 14.9 Å². The first kappa shape index (κ1) is 12.5. The van der Waals surface area contributed by atoms with Crippen molar-refractivity contribution in [3.05, 3.63) is 28.2 Å². The second kappa shape index (κ2) is 6.10. The van der Waals surface area contributed by atoms with Crippen LogP contribution in [0.4, 0.5) is 0 Å². The number of benzene rings is 1. The zero-order valence-corrected chi connectivity index (χ0v) is 10.2. The van der Waals surface area contributed by atoms with Crippen LogP contribution in [0.15, 0.2) is 22.7 Å². The van der Waals surface area contributed by atoms with Gasteiger partial charge in [-0.05, 0) is 46.5 Å². The van der Waals surface area contributed by atoms with Crippen molar-refractivity contribution in [3.8, 4) is 5.75 Å². The largest absolute Gasteiger partial charge is 0.496 e. The van der Waals surface area contributed by atoms with Gasteiger partial charge in [-0.1, -0.05) is 6.07 Å². The molecule has 1 unspecified atom stereocenters. The number of rotatable bonds is 5. The van der Waals surface area contributed by atoms with Crippen molar-refractivity contribution in [1.82, 2.24) is 0 Å². The van der Waals surface area contributed by atoms with E-state index in [2.05, 4.69) is 15.9 Å². The van der Waals surface area contributed by atoms with Crippen LogP contribution >= 0.6 is 15.9 Å². The lowest BCUT2D eigenvalue weighted by Crippen LogP contribution is -2.12. The molecule has 0 aliphatic carbocycles. The number of aliphatic hydroxyl groups is 2. The van der Waals surface area contributed by atoms with Crippen LogP contribution in [-0.4, -0.2) is 30.0 Å². The Morgan fingerprint density at radius 2 is 2.20 bits per heavy atom. The highest BCUT2D eigenvalue weighted by Gasteiger charge is 2.05. The molecule has 0 spiro atoms. The highest BCUT2D eigenvalue weighted by molar-refractivity contribution is 9.10. The zero-order valence-electron chi connectivity index (χ0n) is 8.61. The molecule has 3 nitrogen and oxygen atoms in total. The summed E-state index contributed by atoms with van der Waals surface area (Å²) in [7, 11) is 1.62. The van der Waals surface area contributed by atoms with Crippen molar-refractivity contribution in [1.29, 1.82) is 0 Å². The Bertz CT molecular complexity index is 315. The summed E-state index contributed by atoms with van der Waals surface area (Å²) in [6.07, 6.45) is 0.672. The Balaban J connectivity index is 2.59. The Hall–Kier alpha value is -0.580. The van der Waals surface area contributed by atoms with Crippen molar-refractivity contribution < 1.29 is 14.9 Å². The second-order valence-corrected chi connectivity index (χ2v) is 4.20. The van der Waals surface area contributed by atoms with Gasteiger partial charge in [0, 0.05) is 0 Å². The molecular formula is C11H15BrO3. The first-order chi connectivity index (χ1) is 7.17.